The highest BCUT2D eigenvalue weighted by Gasteiger charge is 2.37. The SMILES string of the molecule is Cn1ccnc1C(=O)C(CCCN=C(N)N)NC(=O)[C@@H]1CCCN1C(=O)C(N)Cc1ccccc1. The van der Waals surface area contributed by atoms with Crippen molar-refractivity contribution in [3.63, 3.8) is 0 Å². The van der Waals surface area contributed by atoms with Crippen molar-refractivity contribution in [2.24, 2.45) is 29.2 Å². The van der Waals surface area contributed by atoms with Gasteiger partial charge in [-0.1, -0.05) is 30.3 Å². The van der Waals surface area contributed by atoms with E-state index in [1.807, 2.05) is 30.3 Å². The molecule has 35 heavy (non-hydrogen) atoms. The second-order valence-corrected chi connectivity index (χ2v) is 8.72. The number of guanidine groups is 1. The van der Waals surface area contributed by atoms with E-state index >= 15 is 0 Å². The quantitative estimate of drug-likeness (QED) is 0.147. The number of aliphatic imine (C=N–C) groups is 1. The number of aryl methyl sites for hydroxylation is 1. The number of ketones is 1. The third-order valence-electron chi connectivity index (χ3n) is 6.07. The molecule has 1 aromatic heterocycles. The molecule has 3 atom stereocenters. The lowest BCUT2D eigenvalue weighted by molar-refractivity contribution is -0.139. The molecule has 1 aromatic carbocycles. The van der Waals surface area contributed by atoms with Crippen LogP contribution in [0.4, 0.5) is 0 Å². The van der Waals surface area contributed by atoms with Crippen LogP contribution in [0.3, 0.4) is 0 Å². The summed E-state index contributed by atoms with van der Waals surface area (Å²) in [4.78, 5) is 49.1. The summed E-state index contributed by atoms with van der Waals surface area (Å²) in [5, 5.41) is 2.85. The van der Waals surface area contributed by atoms with Crippen molar-refractivity contribution in [2.75, 3.05) is 13.1 Å². The molecular formula is C24H34N8O3. The Labute approximate surface area is 204 Å². The summed E-state index contributed by atoms with van der Waals surface area (Å²) in [6.45, 7) is 0.771. The van der Waals surface area contributed by atoms with Gasteiger partial charge in [0, 0.05) is 32.5 Å². The number of imidazole rings is 1. The Balaban J connectivity index is 1.68. The lowest BCUT2D eigenvalue weighted by Gasteiger charge is -2.28. The molecule has 2 unspecified atom stereocenters. The minimum absolute atomic E-state index is 0.0343. The van der Waals surface area contributed by atoms with E-state index in [-0.39, 0.29) is 29.4 Å². The Kier molecular flexibility index (Phi) is 8.96. The minimum Gasteiger partial charge on any atom is -0.370 e. The van der Waals surface area contributed by atoms with Crippen molar-refractivity contribution >= 4 is 23.6 Å². The van der Waals surface area contributed by atoms with Crippen molar-refractivity contribution in [1.29, 1.82) is 0 Å². The highest BCUT2D eigenvalue weighted by molar-refractivity contribution is 6.00. The van der Waals surface area contributed by atoms with E-state index in [0.29, 0.717) is 45.2 Å². The Morgan fingerprint density at radius 2 is 1.97 bits per heavy atom. The summed E-state index contributed by atoms with van der Waals surface area (Å²) in [7, 11) is 1.71. The van der Waals surface area contributed by atoms with Crippen LogP contribution in [0.15, 0.2) is 47.7 Å². The number of hydrogen-bond donors (Lipinski definition) is 4. The number of aromatic nitrogens is 2. The summed E-state index contributed by atoms with van der Waals surface area (Å²) in [5.41, 5.74) is 17.9. The maximum absolute atomic E-state index is 13.3. The van der Waals surface area contributed by atoms with E-state index in [4.69, 9.17) is 17.2 Å². The molecule has 188 valence electrons. The molecule has 2 aromatic rings. The van der Waals surface area contributed by atoms with Gasteiger partial charge in [0.05, 0.1) is 12.1 Å². The fourth-order valence-corrected chi connectivity index (χ4v) is 4.27. The molecular weight excluding hydrogens is 448 g/mol. The molecule has 0 spiro atoms. The maximum atomic E-state index is 13.3. The van der Waals surface area contributed by atoms with Crippen molar-refractivity contribution in [3.8, 4) is 0 Å². The molecule has 3 rings (SSSR count). The standard InChI is InChI=1S/C24H34N8O3/c1-31-14-12-28-21(31)20(33)18(9-5-11-29-24(26)27)30-22(34)19-10-6-13-32(19)23(35)17(25)15-16-7-3-2-4-8-16/h2-4,7-8,12,14,17-19H,5-6,9-11,13,15,25H2,1H3,(H,30,34)(H4,26,27,29)/t17?,18?,19-/m0/s1. The van der Waals surface area contributed by atoms with Gasteiger partial charge >= 0.3 is 0 Å². The molecule has 0 radical (unpaired) electrons. The van der Waals surface area contributed by atoms with Gasteiger partial charge in [0.25, 0.3) is 0 Å². The molecule has 1 fully saturated rings. The molecule has 1 aliphatic rings. The van der Waals surface area contributed by atoms with Crippen LogP contribution in [-0.4, -0.2) is 69.2 Å². The summed E-state index contributed by atoms with van der Waals surface area (Å²) in [6.07, 6.45) is 5.57. The maximum Gasteiger partial charge on any atom is 0.243 e. The van der Waals surface area contributed by atoms with Crippen molar-refractivity contribution in [2.45, 2.75) is 50.2 Å². The number of likely N-dealkylation sites (tertiary alicyclic amines) is 1. The number of nitrogens with zero attached hydrogens (tertiary/aromatic N) is 4. The van der Waals surface area contributed by atoms with Crippen LogP contribution in [0.25, 0.3) is 0 Å². The number of carbonyl (C=O) groups is 3. The van der Waals surface area contributed by atoms with Crippen LogP contribution in [0.1, 0.15) is 41.9 Å². The fraction of sp³-hybridized carbons (Fsp3) is 0.458. The lowest BCUT2D eigenvalue weighted by atomic mass is 10.0. The average molecular weight is 483 g/mol. The normalized spacial score (nSPS) is 17.0. The molecule has 0 bridgehead atoms. The van der Waals surface area contributed by atoms with E-state index in [1.54, 1.807) is 17.8 Å². The van der Waals surface area contributed by atoms with Gasteiger partial charge in [0.15, 0.2) is 11.8 Å². The molecule has 0 saturated carbocycles. The van der Waals surface area contributed by atoms with Gasteiger partial charge in [-0.2, -0.15) is 0 Å². The average Bonchev–Trinajstić information content (AvgIpc) is 3.49. The van der Waals surface area contributed by atoms with E-state index in [1.165, 1.54) is 11.1 Å². The molecule has 11 heteroatoms. The molecule has 1 saturated heterocycles. The number of nitrogens with one attached hydrogen (secondary N) is 1. The first kappa shape index (κ1) is 25.9. The first-order valence-electron chi connectivity index (χ1n) is 11.7. The Bertz CT molecular complexity index is 1050. The highest BCUT2D eigenvalue weighted by atomic mass is 16.2. The summed E-state index contributed by atoms with van der Waals surface area (Å²) in [6, 6.07) is 7.25. The second kappa shape index (κ2) is 12.1. The molecule has 11 nitrogen and oxygen atoms in total. The topological polar surface area (TPSA) is 175 Å². The number of rotatable bonds is 11. The van der Waals surface area contributed by atoms with Crippen molar-refractivity contribution in [3.05, 3.63) is 54.1 Å². The summed E-state index contributed by atoms with van der Waals surface area (Å²) in [5.74, 6) is -0.759. The predicted octanol–water partition coefficient (Wildman–Crippen LogP) is -0.298. The molecule has 2 amide bonds. The van der Waals surface area contributed by atoms with Gasteiger partial charge in [-0.15, -0.1) is 0 Å². The first-order valence-corrected chi connectivity index (χ1v) is 11.7. The second-order valence-electron chi connectivity index (χ2n) is 8.72. The zero-order valence-electron chi connectivity index (χ0n) is 20.0. The van der Waals surface area contributed by atoms with E-state index < -0.39 is 18.1 Å². The predicted molar refractivity (Wildman–Crippen MR) is 132 cm³/mol. The van der Waals surface area contributed by atoms with Gasteiger partial charge in [0.2, 0.25) is 17.6 Å². The van der Waals surface area contributed by atoms with Gasteiger partial charge < -0.3 is 32.0 Å². The zero-order chi connectivity index (χ0) is 25.4. The van der Waals surface area contributed by atoms with E-state index in [2.05, 4.69) is 15.3 Å². The number of nitrogens with two attached hydrogens (primary N) is 3. The van der Waals surface area contributed by atoms with Gasteiger partial charge in [-0.25, -0.2) is 4.98 Å². The summed E-state index contributed by atoms with van der Waals surface area (Å²) >= 11 is 0. The number of hydrogen-bond acceptors (Lipinski definition) is 6. The number of benzene rings is 1. The monoisotopic (exact) mass is 482 g/mol. The van der Waals surface area contributed by atoms with Crippen LogP contribution < -0.4 is 22.5 Å². The van der Waals surface area contributed by atoms with Crippen LogP contribution in [0, 0.1) is 0 Å². The lowest BCUT2D eigenvalue weighted by Crippen LogP contribution is -2.54. The Hall–Kier alpha value is -3.73. The number of amides is 2. The van der Waals surface area contributed by atoms with E-state index in [9.17, 15) is 14.4 Å². The van der Waals surface area contributed by atoms with Crippen LogP contribution in [-0.2, 0) is 23.1 Å². The summed E-state index contributed by atoms with van der Waals surface area (Å²) < 4.78 is 1.60. The van der Waals surface area contributed by atoms with Crippen LogP contribution >= 0.6 is 0 Å². The number of carbonyl (C=O) groups excluding carboxylic acids is 3. The van der Waals surface area contributed by atoms with Crippen LogP contribution in [0.5, 0.6) is 0 Å². The third-order valence-corrected chi connectivity index (χ3v) is 6.07. The zero-order valence-corrected chi connectivity index (χ0v) is 20.0. The van der Waals surface area contributed by atoms with Gasteiger partial charge in [-0.3, -0.25) is 19.4 Å². The third kappa shape index (κ3) is 6.89. The molecule has 0 aliphatic carbocycles. The van der Waals surface area contributed by atoms with Crippen LogP contribution in [0.2, 0.25) is 0 Å². The fourth-order valence-electron chi connectivity index (χ4n) is 4.27. The Morgan fingerprint density at radius 3 is 2.63 bits per heavy atom. The molecule has 2 heterocycles. The first-order chi connectivity index (χ1) is 16.8. The largest absolute Gasteiger partial charge is 0.370 e. The van der Waals surface area contributed by atoms with Crippen molar-refractivity contribution < 1.29 is 14.4 Å². The minimum atomic E-state index is -0.826. The molecule has 7 N–H and O–H groups in total. The smallest absolute Gasteiger partial charge is 0.243 e. The highest BCUT2D eigenvalue weighted by Crippen LogP contribution is 2.20. The van der Waals surface area contributed by atoms with Gasteiger partial charge in [0.1, 0.15) is 6.04 Å². The molecule has 1 aliphatic heterocycles. The Morgan fingerprint density at radius 1 is 1.23 bits per heavy atom. The van der Waals surface area contributed by atoms with E-state index in [0.717, 1.165) is 5.56 Å². The van der Waals surface area contributed by atoms with Gasteiger partial charge in [-0.05, 0) is 37.7 Å². The van der Waals surface area contributed by atoms with Crippen molar-refractivity contribution in [1.82, 2.24) is 19.8 Å². The number of Topliss-reactive ketones (excluding diaryl/α,β-unsaturated/α-hetero) is 1.